The quantitative estimate of drug-likeness (QED) is 0.251. The Morgan fingerprint density at radius 2 is 1.61 bits per heavy atom. The molecular formula is C20H36O3. The predicted molar refractivity (Wildman–Crippen MR) is 97.4 cm³/mol. The molecule has 134 valence electrons. The van der Waals surface area contributed by atoms with Crippen LogP contribution < -0.4 is 0 Å². The second-order valence-electron chi connectivity index (χ2n) is 5.98. The molecule has 0 amide bonds. The van der Waals surface area contributed by atoms with Crippen molar-refractivity contribution in [3.63, 3.8) is 0 Å². The number of unbranched alkanes of at least 4 members (excludes halogenated alkanes) is 6. The summed E-state index contributed by atoms with van der Waals surface area (Å²) in [7, 11) is 0. The minimum absolute atomic E-state index is 0.0832. The summed E-state index contributed by atoms with van der Waals surface area (Å²) in [4.78, 5) is 11.5. The van der Waals surface area contributed by atoms with E-state index >= 15 is 0 Å². The summed E-state index contributed by atoms with van der Waals surface area (Å²) in [6.07, 6.45) is 20.0. The fourth-order valence-corrected chi connectivity index (χ4v) is 2.22. The van der Waals surface area contributed by atoms with Crippen molar-refractivity contribution in [2.24, 2.45) is 0 Å². The lowest BCUT2D eigenvalue weighted by atomic mass is 10.1. The minimum atomic E-state index is -0.333. The second kappa shape index (κ2) is 17.3. The zero-order valence-corrected chi connectivity index (χ0v) is 15.1. The van der Waals surface area contributed by atoms with Gasteiger partial charge in [0.05, 0.1) is 6.61 Å². The summed E-state index contributed by atoms with van der Waals surface area (Å²) in [5.41, 5.74) is 0. The normalized spacial score (nSPS) is 13.0. The summed E-state index contributed by atoms with van der Waals surface area (Å²) >= 11 is 0. The molecular weight excluding hydrogens is 288 g/mol. The molecule has 0 radical (unpaired) electrons. The average Bonchev–Trinajstić information content (AvgIpc) is 2.56. The van der Waals surface area contributed by atoms with Gasteiger partial charge in [0.15, 0.2) is 0 Å². The van der Waals surface area contributed by atoms with E-state index in [0.29, 0.717) is 12.8 Å². The first-order valence-corrected chi connectivity index (χ1v) is 9.34. The lowest BCUT2D eigenvalue weighted by molar-refractivity contribution is -0.151. The van der Waals surface area contributed by atoms with Crippen molar-refractivity contribution in [3.8, 4) is 0 Å². The lowest BCUT2D eigenvalue weighted by Gasteiger charge is -2.12. The third-order valence-corrected chi connectivity index (χ3v) is 3.79. The molecule has 1 N–H and O–H groups in total. The summed E-state index contributed by atoms with van der Waals surface area (Å²) in [5, 5.41) is 8.97. The third kappa shape index (κ3) is 15.6. The molecule has 0 fully saturated rings. The molecule has 0 saturated carbocycles. The summed E-state index contributed by atoms with van der Waals surface area (Å²) in [6.45, 7) is 4.05. The Hall–Kier alpha value is -1.09. The maximum atomic E-state index is 11.5. The van der Waals surface area contributed by atoms with Gasteiger partial charge in [0.25, 0.3) is 0 Å². The molecule has 1 atom stereocenters. The second-order valence-corrected chi connectivity index (χ2v) is 5.98. The van der Waals surface area contributed by atoms with Gasteiger partial charge in [0, 0.05) is 6.42 Å². The van der Waals surface area contributed by atoms with Crippen LogP contribution in [0.15, 0.2) is 24.3 Å². The Morgan fingerprint density at radius 3 is 2.17 bits per heavy atom. The molecule has 0 spiro atoms. The van der Waals surface area contributed by atoms with Gasteiger partial charge in [-0.05, 0) is 44.9 Å². The molecule has 23 heavy (non-hydrogen) atoms. The van der Waals surface area contributed by atoms with E-state index in [1.807, 2.05) is 6.92 Å². The van der Waals surface area contributed by atoms with E-state index in [1.165, 1.54) is 25.7 Å². The van der Waals surface area contributed by atoms with Gasteiger partial charge in [0.1, 0.15) is 6.10 Å². The highest BCUT2D eigenvalue weighted by molar-refractivity contribution is 5.69. The van der Waals surface area contributed by atoms with E-state index < -0.39 is 0 Å². The zero-order valence-electron chi connectivity index (χ0n) is 15.1. The number of rotatable bonds is 15. The molecule has 0 aromatic carbocycles. The van der Waals surface area contributed by atoms with Crippen LogP contribution in [0, 0.1) is 0 Å². The predicted octanol–water partition coefficient (Wildman–Crippen LogP) is 5.33. The van der Waals surface area contributed by atoms with Gasteiger partial charge in [-0.2, -0.15) is 0 Å². The highest BCUT2D eigenvalue weighted by Gasteiger charge is 2.10. The number of allylic oxidation sites excluding steroid dienone is 4. The van der Waals surface area contributed by atoms with Crippen molar-refractivity contribution in [2.45, 2.75) is 90.6 Å². The van der Waals surface area contributed by atoms with E-state index in [9.17, 15) is 4.79 Å². The van der Waals surface area contributed by atoms with Crippen LogP contribution in [0.5, 0.6) is 0 Å². The molecule has 0 aliphatic heterocycles. The van der Waals surface area contributed by atoms with E-state index in [2.05, 4.69) is 31.2 Å². The van der Waals surface area contributed by atoms with Crippen LogP contribution in [0.4, 0.5) is 0 Å². The first-order chi connectivity index (χ1) is 11.2. The third-order valence-electron chi connectivity index (χ3n) is 3.79. The number of esters is 1. The number of carbonyl (C=O) groups is 1. The van der Waals surface area contributed by atoms with Gasteiger partial charge in [-0.3, -0.25) is 4.79 Å². The molecule has 0 saturated heterocycles. The molecule has 0 aliphatic rings. The Balaban J connectivity index is 3.41. The minimum Gasteiger partial charge on any atom is -0.460 e. The molecule has 1 unspecified atom stereocenters. The van der Waals surface area contributed by atoms with Crippen molar-refractivity contribution in [2.75, 3.05) is 6.61 Å². The molecule has 0 aliphatic carbocycles. The highest BCUT2D eigenvalue weighted by atomic mass is 16.5. The standard InChI is InChI=1S/C20H36O3/c1-3-5-6-7-8-9-10-11-12-13-14-15-16-17-20(22)23-19(4-2)18-21/h8-9,11-12,19,21H,3-7,10,13-18H2,1-2H3/b9-8-,12-11-. The Bertz CT molecular complexity index is 317. The number of hydrogen-bond donors (Lipinski definition) is 1. The number of hydrogen-bond acceptors (Lipinski definition) is 3. The molecule has 0 heterocycles. The lowest BCUT2D eigenvalue weighted by Crippen LogP contribution is -2.20. The van der Waals surface area contributed by atoms with Crippen molar-refractivity contribution in [3.05, 3.63) is 24.3 Å². The fourth-order valence-electron chi connectivity index (χ4n) is 2.22. The van der Waals surface area contributed by atoms with Crippen LogP contribution in [0.25, 0.3) is 0 Å². The number of aliphatic hydroxyl groups excluding tert-OH is 1. The largest absolute Gasteiger partial charge is 0.460 e. The summed E-state index contributed by atoms with van der Waals surface area (Å²) < 4.78 is 5.15. The van der Waals surface area contributed by atoms with Crippen LogP contribution in [-0.2, 0) is 9.53 Å². The summed E-state index contributed by atoms with van der Waals surface area (Å²) in [5.74, 6) is -0.186. The highest BCUT2D eigenvalue weighted by Crippen LogP contribution is 2.07. The Kier molecular flexibility index (Phi) is 16.4. The van der Waals surface area contributed by atoms with Gasteiger partial charge in [-0.1, -0.05) is 57.4 Å². The van der Waals surface area contributed by atoms with Gasteiger partial charge in [-0.25, -0.2) is 0 Å². The van der Waals surface area contributed by atoms with E-state index in [0.717, 1.165) is 32.1 Å². The van der Waals surface area contributed by atoms with E-state index in [-0.39, 0.29) is 18.7 Å². The van der Waals surface area contributed by atoms with Gasteiger partial charge in [0.2, 0.25) is 0 Å². The molecule has 3 nitrogen and oxygen atoms in total. The number of aliphatic hydroxyl groups is 1. The van der Waals surface area contributed by atoms with Crippen molar-refractivity contribution in [1.29, 1.82) is 0 Å². The molecule has 0 aromatic heterocycles. The first kappa shape index (κ1) is 21.9. The van der Waals surface area contributed by atoms with Crippen molar-refractivity contribution >= 4 is 5.97 Å². The van der Waals surface area contributed by atoms with E-state index in [1.54, 1.807) is 0 Å². The van der Waals surface area contributed by atoms with Gasteiger partial charge in [-0.15, -0.1) is 0 Å². The SMILES string of the molecule is CCCCC/C=C\C/C=C\CCCCCC(=O)OC(CC)CO. The van der Waals surface area contributed by atoms with Crippen molar-refractivity contribution in [1.82, 2.24) is 0 Å². The monoisotopic (exact) mass is 324 g/mol. The van der Waals surface area contributed by atoms with Gasteiger partial charge >= 0.3 is 5.97 Å². The van der Waals surface area contributed by atoms with Crippen LogP contribution in [0.1, 0.15) is 84.5 Å². The maximum Gasteiger partial charge on any atom is 0.306 e. The van der Waals surface area contributed by atoms with E-state index in [4.69, 9.17) is 9.84 Å². The van der Waals surface area contributed by atoms with Crippen LogP contribution in [0.2, 0.25) is 0 Å². The molecule has 3 heteroatoms. The zero-order chi connectivity index (χ0) is 17.2. The maximum absolute atomic E-state index is 11.5. The molecule has 0 aromatic rings. The topological polar surface area (TPSA) is 46.5 Å². The smallest absolute Gasteiger partial charge is 0.306 e. The Labute approximate surface area is 142 Å². The van der Waals surface area contributed by atoms with Crippen molar-refractivity contribution < 1.29 is 14.6 Å². The molecule has 0 bridgehead atoms. The van der Waals surface area contributed by atoms with Crippen LogP contribution in [0.3, 0.4) is 0 Å². The van der Waals surface area contributed by atoms with Crippen LogP contribution >= 0.6 is 0 Å². The molecule has 0 rings (SSSR count). The first-order valence-electron chi connectivity index (χ1n) is 9.34. The average molecular weight is 325 g/mol. The summed E-state index contributed by atoms with van der Waals surface area (Å²) in [6, 6.07) is 0. The number of ether oxygens (including phenoxy) is 1. The fraction of sp³-hybridized carbons (Fsp3) is 0.750. The number of carbonyl (C=O) groups excluding carboxylic acids is 1. The van der Waals surface area contributed by atoms with Gasteiger partial charge < -0.3 is 9.84 Å². The Morgan fingerprint density at radius 1 is 0.957 bits per heavy atom. The van der Waals surface area contributed by atoms with Crippen LogP contribution in [-0.4, -0.2) is 23.8 Å².